The van der Waals surface area contributed by atoms with E-state index in [1.54, 1.807) is 0 Å². The van der Waals surface area contributed by atoms with Crippen LogP contribution < -0.4 is 15.6 Å². The summed E-state index contributed by atoms with van der Waals surface area (Å²) in [5, 5.41) is 0. The highest BCUT2D eigenvalue weighted by Gasteiger charge is 2.31. The van der Waals surface area contributed by atoms with E-state index in [1.807, 2.05) is 24.3 Å². The van der Waals surface area contributed by atoms with E-state index in [9.17, 15) is 9.59 Å². The van der Waals surface area contributed by atoms with Gasteiger partial charge in [0.2, 0.25) is 11.8 Å². The minimum absolute atomic E-state index is 0.0867. The van der Waals surface area contributed by atoms with Gasteiger partial charge < -0.3 is 4.74 Å². The number of amides is 2. The van der Waals surface area contributed by atoms with E-state index < -0.39 is 0 Å². The largest absolute Gasteiger partial charge is 0.492 e. The maximum atomic E-state index is 11.9. The molecule has 2 N–H and O–H groups in total. The van der Waals surface area contributed by atoms with E-state index >= 15 is 0 Å². The lowest BCUT2D eigenvalue weighted by Crippen LogP contribution is -2.47. The Balaban J connectivity index is 1.55. The zero-order valence-corrected chi connectivity index (χ0v) is 10.5. The lowest BCUT2D eigenvalue weighted by atomic mass is 9.96. The van der Waals surface area contributed by atoms with E-state index in [0.717, 1.165) is 24.2 Å². The Morgan fingerprint density at radius 3 is 2.47 bits per heavy atom. The van der Waals surface area contributed by atoms with Gasteiger partial charge >= 0.3 is 0 Å². The number of fused-ring (bicyclic) bond motifs is 1. The minimum atomic E-state index is -0.255. The molecule has 0 bridgehead atoms. The Labute approximate surface area is 111 Å². The van der Waals surface area contributed by atoms with Gasteiger partial charge in [0.05, 0.1) is 5.92 Å². The first-order valence-electron chi connectivity index (χ1n) is 6.54. The summed E-state index contributed by atoms with van der Waals surface area (Å²) in [5.41, 5.74) is 5.99. The van der Waals surface area contributed by atoms with Gasteiger partial charge in [-0.25, -0.2) is 0 Å². The molecular formula is C14H16N2O3. The van der Waals surface area contributed by atoms with Crippen LogP contribution in [0, 0.1) is 11.8 Å². The van der Waals surface area contributed by atoms with Crippen molar-refractivity contribution in [3.63, 3.8) is 0 Å². The molecule has 1 atom stereocenters. The number of nitrogens with one attached hydrogen (secondary N) is 2. The number of carbonyl (C=O) groups is 2. The van der Waals surface area contributed by atoms with Crippen molar-refractivity contribution in [3.05, 3.63) is 29.8 Å². The molecule has 1 aromatic rings. The van der Waals surface area contributed by atoms with Crippen LogP contribution >= 0.6 is 0 Å². The van der Waals surface area contributed by atoms with E-state index in [1.165, 1.54) is 0 Å². The number of hydrogen-bond acceptors (Lipinski definition) is 3. The van der Waals surface area contributed by atoms with E-state index in [2.05, 4.69) is 10.9 Å². The normalized spacial score (nSPS) is 20.9. The van der Waals surface area contributed by atoms with Crippen molar-refractivity contribution in [3.8, 4) is 5.75 Å². The Kier molecular flexibility index (Phi) is 3.11. The molecule has 1 fully saturated rings. The Hall–Kier alpha value is -2.04. The molecule has 5 heteroatoms. The summed E-state index contributed by atoms with van der Waals surface area (Å²) < 4.78 is 5.55. The van der Waals surface area contributed by atoms with Gasteiger partial charge in [-0.15, -0.1) is 0 Å². The van der Waals surface area contributed by atoms with Crippen LogP contribution in [-0.4, -0.2) is 18.4 Å². The molecule has 100 valence electrons. The fraction of sp³-hybridized carbons (Fsp3) is 0.429. The van der Waals surface area contributed by atoms with Crippen molar-refractivity contribution in [2.75, 3.05) is 6.61 Å². The average molecular weight is 260 g/mol. The van der Waals surface area contributed by atoms with E-state index in [4.69, 9.17) is 4.74 Å². The van der Waals surface area contributed by atoms with E-state index in [-0.39, 0.29) is 23.7 Å². The maximum absolute atomic E-state index is 11.9. The van der Waals surface area contributed by atoms with Crippen LogP contribution in [0.5, 0.6) is 5.75 Å². The molecule has 0 saturated heterocycles. The van der Waals surface area contributed by atoms with Crippen LogP contribution in [0.4, 0.5) is 0 Å². The molecule has 2 amide bonds. The standard InChI is InChI=1S/C14H16N2O3/c17-13(9-5-6-9)15-16-14(18)11-7-10-3-1-2-4-12(10)19-8-11/h1-4,9,11H,5-8H2,(H,15,17)(H,16,18). The van der Waals surface area contributed by atoms with Gasteiger partial charge in [0.15, 0.2) is 0 Å². The monoisotopic (exact) mass is 260 g/mol. The lowest BCUT2D eigenvalue weighted by molar-refractivity contribution is -0.132. The highest BCUT2D eigenvalue weighted by Crippen LogP contribution is 2.29. The fourth-order valence-corrected chi connectivity index (χ4v) is 2.17. The second-order valence-electron chi connectivity index (χ2n) is 5.07. The molecular weight excluding hydrogens is 244 g/mol. The number of hydrogen-bond donors (Lipinski definition) is 2. The van der Waals surface area contributed by atoms with Gasteiger partial charge in [-0.1, -0.05) is 18.2 Å². The van der Waals surface area contributed by atoms with Crippen LogP contribution in [0.3, 0.4) is 0 Å². The second-order valence-corrected chi connectivity index (χ2v) is 5.07. The van der Waals surface area contributed by atoms with Crippen LogP contribution in [0.25, 0.3) is 0 Å². The van der Waals surface area contributed by atoms with Gasteiger partial charge in [-0.2, -0.15) is 0 Å². The zero-order chi connectivity index (χ0) is 13.2. The van der Waals surface area contributed by atoms with Crippen molar-refractivity contribution in [1.29, 1.82) is 0 Å². The average Bonchev–Trinajstić information content (AvgIpc) is 3.28. The highest BCUT2D eigenvalue weighted by atomic mass is 16.5. The van der Waals surface area contributed by atoms with Gasteiger partial charge in [0.25, 0.3) is 0 Å². The molecule has 3 rings (SSSR count). The third-order valence-corrected chi connectivity index (χ3v) is 3.51. The first-order chi connectivity index (χ1) is 9.24. The quantitative estimate of drug-likeness (QED) is 0.773. The van der Waals surface area contributed by atoms with Crippen molar-refractivity contribution < 1.29 is 14.3 Å². The van der Waals surface area contributed by atoms with Crippen LogP contribution in [0.15, 0.2) is 24.3 Å². The molecule has 1 heterocycles. The molecule has 1 aliphatic carbocycles. The van der Waals surface area contributed by atoms with Crippen LogP contribution in [0.1, 0.15) is 18.4 Å². The smallest absolute Gasteiger partial charge is 0.245 e. The highest BCUT2D eigenvalue weighted by molar-refractivity contribution is 5.85. The summed E-state index contributed by atoms with van der Waals surface area (Å²) in [6, 6.07) is 7.70. The first kappa shape index (κ1) is 12.0. The van der Waals surface area contributed by atoms with Crippen molar-refractivity contribution in [1.82, 2.24) is 10.9 Å². The number of hydrazine groups is 1. The van der Waals surface area contributed by atoms with Gasteiger partial charge in [0, 0.05) is 5.92 Å². The van der Waals surface area contributed by atoms with Crippen molar-refractivity contribution >= 4 is 11.8 Å². The van der Waals surface area contributed by atoms with E-state index in [0.29, 0.717) is 13.0 Å². The van der Waals surface area contributed by atoms with Crippen LogP contribution in [-0.2, 0) is 16.0 Å². The topological polar surface area (TPSA) is 67.4 Å². The molecule has 1 saturated carbocycles. The lowest BCUT2D eigenvalue weighted by Gasteiger charge is -2.24. The summed E-state index contributed by atoms with van der Waals surface area (Å²) >= 11 is 0. The van der Waals surface area contributed by atoms with Gasteiger partial charge in [-0.3, -0.25) is 20.4 Å². The first-order valence-corrected chi connectivity index (χ1v) is 6.54. The Morgan fingerprint density at radius 1 is 1.05 bits per heavy atom. The van der Waals surface area contributed by atoms with Crippen molar-refractivity contribution in [2.45, 2.75) is 19.3 Å². The summed E-state index contributed by atoms with van der Waals surface area (Å²) in [6.07, 6.45) is 2.48. The molecule has 2 aliphatic rings. The summed E-state index contributed by atoms with van der Waals surface area (Å²) in [5.74, 6) is 0.389. The molecule has 0 aromatic heterocycles. The maximum Gasteiger partial charge on any atom is 0.245 e. The number of benzene rings is 1. The second kappa shape index (κ2) is 4.91. The molecule has 1 aliphatic heterocycles. The number of ether oxygens (including phenoxy) is 1. The predicted octanol–water partition coefficient (Wildman–Crippen LogP) is 0.795. The van der Waals surface area contributed by atoms with Gasteiger partial charge in [0.1, 0.15) is 12.4 Å². The summed E-state index contributed by atoms with van der Waals surface area (Å²) in [4.78, 5) is 23.4. The zero-order valence-electron chi connectivity index (χ0n) is 10.5. The minimum Gasteiger partial charge on any atom is -0.492 e. The summed E-state index contributed by atoms with van der Waals surface area (Å²) in [7, 11) is 0. The van der Waals surface area contributed by atoms with Crippen LogP contribution in [0.2, 0.25) is 0 Å². The number of para-hydroxylation sites is 1. The van der Waals surface area contributed by atoms with Gasteiger partial charge in [-0.05, 0) is 30.9 Å². The Morgan fingerprint density at radius 2 is 1.74 bits per heavy atom. The third kappa shape index (κ3) is 2.70. The molecule has 1 aromatic carbocycles. The molecule has 5 nitrogen and oxygen atoms in total. The SMILES string of the molecule is O=C(NNC(=O)C1COc2ccccc2C1)C1CC1. The summed E-state index contributed by atoms with van der Waals surface area (Å²) in [6.45, 7) is 0.349. The number of carbonyl (C=O) groups excluding carboxylic acids is 2. The Bertz CT molecular complexity index is 511. The fourth-order valence-electron chi connectivity index (χ4n) is 2.17. The third-order valence-electron chi connectivity index (χ3n) is 3.51. The molecule has 1 unspecified atom stereocenters. The van der Waals surface area contributed by atoms with Crippen molar-refractivity contribution in [2.24, 2.45) is 11.8 Å². The molecule has 0 spiro atoms. The molecule has 0 radical (unpaired) electrons. The molecule has 19 heavy (non-hydrogen) atoms. The predicted molar refractivity (Wildman–Crippen MR) is 68.1 cm³/mol. The number of rotatable bonds is 2.